The molecule has 6 nitrogen and oxygen atoms in total. The first-order chi connectivity index (χ1) is 13.7. The predicted octanol–water partition coefficient (Wildman–Crippen LogP) is 3.08. The first-order valence-electron chi connectivity index (χ1n) is 8.71. The van der Waals surface area contributed by atoms with Crippen molar-refractivity contribution in [2.75, 3.05) is 13.2 Å². The molecule has 152 valence electrons. The number of amides is 3. The summed E-state index contributed by atoms with van der Waals surface area (Å²) in [7, 11) is 0. The van der Waals surface area contributed by atoms with Crippen molar-refractivity contribution in [1.82, 2.24) is 10.2 Å². The van der Waals surface area contributed by atoms with E-state index in [9.17, 15) is 27.6 Å². The molecule has 0 saturated carbocycles. The molecular weight excluding hydrogens is 389 g/mol. The highest BCUT2D eigenvalue weighted by Gasteiger charge is 2.34. The molecule has 1 unspecified atom stereocenters. The van der Waals surface area contributed by atoms with Gasteiger partial charge in [-0.15, -0.1) is 0 Å². The normalized spacial score (nSPS) is 15.2. The van der Waals surface area contributed by atoms with E-state index in [1.165, 1.54) is 12.1 Å². The van der Waals surface area contributed by atoms with Crippen LogP contribution in [0, 0.1) is 0 Å². The van der Waals surface area contributed by atoms with Gasteiger partial charge in [-0.25, -0.2) is 9.69 Å². The number of nitrogens with one attached hydrogen (secondary N) is 1. The van der Waals surface area contributed by atoms with Gasteiger partial charge < -0.3 is 10.1 Å². The zero-order chi connectivity index (χ0) is 21.0. The van der Waals surface area contributed by atoms with Crippen LogP contribution < -0.4 is 5.32 Å². The highest BCUT2D eigenvalue weighted by molar-refractivity contribution is 5.97. The summed E-state index contributed by atoms with van der Waals surface area (Å²) in [4.78, 5) is 36.9. The van der Waals surface area contributed by atoms with Gasteiger partial charge in [0.05, 0.1) is 24.6 Å². The Hall–Kier alpha value is -3.36. The molecule has 0 aromatic heterocycles. The highest BCUT2D eigenvalue weighted by atomic mass is 19.4. The van der Waals surface area contributed by atoms with Crippen molar-refractivity contribution in [2.24, 2.45) is 0 Å². The van der Waals surface area contributed by atoms with Crippen LogP contribution in [-0.4, -0.2) is 36.0 Å². The quantitative estimate of drug-likeness (QED) is 0.800. The van der Waals surface area contributed by atoms with E-state index < -0.39 is 35.7 Å². The summed E-state index contributed by atoms with van der Waals surface area (Å²) in [6.07, 6.45) is -5.39. The van der Waals surface area contributed by atoms with Gasteiger partial charge in [0.2, 0.25) is 5.91 Å². The number of hydrogen-bond donors (Lipinski definition) is 1. The maximum absolute atomic E-state index is 12.6. The number of cyclic esters (lactones) is 1. The van der Waals surface area contributed by atoms with E-state index in [1.807, 2.05) is 0 Å². The van der Waals surface area contributed by atoms with Crippen LogP contribution in [0.3, 0.4) is 0 Å². The van der Waals surface area contributed by atoms with Gasteiger partial charge in [0.25, 0.3) is 5.91 Å². The lowest BCUT2D eigenvalue weighted by Crippen LogP contribution is -2.40. The molecule has 2 aromatic carbocycles. The molecule has 1 atom stereocenters. The highest BCUT2D eigenvalue weighted by Crippen LogP contribution is 2.29. The van der Waals surface area contributed by atoms with Crippen molar-refractivity contribution < 1.29 is 32.3 Å². The third-order valence-corrected chi connectivity index (χ3v) is 4.39. The average Bonchev–Trinajstić information content (AvgIpc) is 3.00. The Morgan fingerprint density at radius 1 is 1.07 bits per heavy atom. The number of imide groups is 1. The number of halogens is 3. The Balaban J connectivity index is 1.71. The van der Waals surface area contributed by atoms with E-state index in [0.29, 0.717) is 11.1 Å². The number of carbonyl (C=O) groups excluding carboxylic acids is 3. The molecule has 1 saturated heterocycles. The van der Waals surface area contributed by atoms with Crippen LogP contribution in [0.5, 0.6) is 0 Å². The minimum atomic E-state index is -4.45. The van der Waals surface area contributed by atoms with Gasteiger partial charge >= 0.3 is 12.3 Å². The zero-order valence-corrected chi connectivity index (χ0v) is 15.1. The number of ether oxygens (including phenoxy) is 1. The summed E-state index contributed by atoms with van der Waals surface area (Å²) in [6.45, 7) is -0.458. The Morgan fingerprint density at radius 2 is 1.72 bits per heavy atom. The SMILES string of the molecule is O=C(Cc1ccc(C(F)(F)F)cc1)NC(CN1C(=O)COC1=O)c1ccccc1. The fraction of sp³-hybridized carbons (Fsp3) is 0.250. The molecule has 1 N–H and O–H groups in total. The number of benzene rings is 2. The van der Waals surface area contributed by atoms with Crippen LogP contribution in [0.25, 0.3) is 0 Å². The summed E-state index contributed by atoms with van der Waals surface area (Å²) in [5.41, 5.74) is 0.273. The van der Waals surface area contributed by atoms with Gasteiger partial charge in [0, 0.05) is 0 Å². The van der Waals surface area contributed by atoms with Gasteiger partial charge in [-0.05, 0) is 23.3 Å². The molecule has 1 aliphatic rings. The van der Waals surface area contributed by atoms with Gasteiger partial charge in [-0.1, -0.05) is 42.5 Å². The molecule has 9 heteroatoms. The molecule has 0 spiro atoms. The molecule has 0 aliphatic carbocycles. The predicted molar refractivity (Wildman–Crippen MR) is 95.5 cm³/mol. The average molecular weight is 406 g/mol. The zero-order valence-electron chi connectivity index (χ0n) is 15.1. The second kappa shape index (κ2) is 8.34. The molecule has 0 bridgehead atoms. The Kier molecular flexibility index (Phi) is 5.86. The second-order valence-corrected chi connectivity index (χ2v) is 6.46. The smallest absolute Gasteiger partial charge is 0.417 e. The third-order valence-electron chi connectivity index (χ3n) is 4.39. The Morgan fingerprint density at radius 3 is 2.28 bits per heavy atom. The van der Waals surface area contributed by atoms with Gasteiger partial charge in [-0.2, -0.15) is 13.2 Å². The van der Waals surface area contributed by atoms with Crippen LogP contribution in [0.15, 0.2) is 54.6 Å². The molecule has 3 rings (SSSR count). The van der Waals surface area contributed by atoms with E-state index >= 15 is 0 Å². The summed E-state index contributed by atoms with van der Waals surface area (Å²) < 4.78 is 42.6. The molecule has 1 fully saturated rings. The second-order valence-electron chi connectivity index (χ2n) is 6.46. The first-order valence-corrected chi connectivity index (χ1v) is 8.71. The number of hydrogen-bond acceptors (Lipinski definition) is 4. The van der Waals surface area contributed by atoms with E-state index in [2.05, 4.69) is 10.1 Å². The number of nitrogens with zero attached hydrogens (tertiary/aromatic N) is 1. The topological polar surface area (TPSA) is 75.7 Å². The fourth-order valence-electron chi connectivity index (χ4n) is 2.90. The maximum atomic E-state index is 12.6. The van der Waals surface area contributed by atoms with Crippen LogP contribution in [0.4, 0.5) is 18.0 Å². The number of rotatable bonds is 6. The van der Waals surface area contributed by atoms with E-state index in [0.717, 1.165) is 17.0 Å². The number of alkyl halides is 3. The van der Waals surface area contributed by atoms with Gasteiger partial charge in [0.1, 0.15) is 0 Å². The Labute approximate surface area is 164 Å². The lowest BCUT2D eigenvalue weighted by molar-refractivity contribution is -0.137. The summed E-state index contributed by atoms with van der Waals surface area (Å²) >= 11 is 0. The molecule has 2 aromatic rings. The lowest BCUT2D eigenvalue weighted by atomic mass is 10.0. The molecule has 3 amide bonds. The van der Waals surface area contributed by atoms with Crippen molar-refractivity contribution in [1.29, 1.82) is 0 Å². The van der Waals surface area contributed by atoms with Crippen LogP contribution >= 0.6 is 0 Å². The fourth-order valence-corrected chi connectivity index (χ4v) is 2.90. The van der Waals surface area contributed by atoms with E-state index in [1.54, 1.807) is 30.3 Å². The van der Waals surface area contributed by atoms with Crippen molar-refractivity contribution in [3.05, 3.63) is 71.3 Å². The monoisotopic (exact) mass is 406 g/mol. The number of carbonyl (C=O) groups is 3. The van der Waals surface area contributed by atoms with Crippen LogP contribution in [0.2, 0.25) is 0 Å². The Bertz CT molecular complexity index is 882. The van der Waals surface area contributed by atoms with Gasteiger partial charge in [0.15, 0.2) is 6.61 Å². The summed E-state index contributed by atoms with van der Waals surface area (Å²) in [6, 6.07) is 12.3. The standard InChI is InChI=1S/C20H17F3N2O4/c21-20(22,23)15-8-6-13(7-9-15)10-17(26)24-16(14-4-2-1-3-5-14)11-25-18(27)12-29-19(25)28/h1-9,16H,10-12H2,(H,24,26). The van der Waals surface area contributed by atoms with Crippen LogP contribution in [0.1, 0.15) is 22.7 Å². The van der Waals surface area contributed by atoms with Crippen molar-refractivity contribution in [2.45, 2.75) is 18.6 Å². The van der Waals surface area contributed by atoms with Crippen molar-refractivity contribution in [3.8, 4) is 0 Å². The van der Waals surface area contributed by atoms with E-state index in [4.69, 9.17) is 0 Å². The molecule has 29 heavy (non-hydrogen) atoms. The maximum Gasteiger partial charge on any atom is 0.417 e. The van der Waals surface area contributed by atoms with E-state index in [-0.39, 0.29) is 19.6 Å². The summed E-state index contributed by atoms with van der Waals surface area (Å²) in [5, 5.41) is 2.73. The third kappa shape index (κ3) is 5.13. The molecule has 1 heterocycles. The largest absolute Gasteiger partial charge is 0.439 e. The van der Waals surface area contributed by atoms with Gasteiger partial charge in [-0.3, -0.25) is 9.59 Å². The molecular formula is C20H17F3N2O4. The minimum absolute atomic E-state index is 0.111. The molecule has 0 radical (unpaired) electrons. The lowest BCUT2D eigenvalue weighted by Gasteiger charge is -2.23. The van der Waals surface area contributed by atoms with Crippen molar-refractivity contribution >= 4 is 17.9 Å². The van der Waals surface area contributed by atoms with Crippen molar-refractivity contribution in [3.63, 3.8) is 0 Å². The minimum Gasteiger partial charge on any atom is -0.439 e. The van der Waals surface area contributed by atoms with Crippen LogP contribution in [-0.2, 0) is 26.9 Å². The first kappa shape index (κ1) is 20.4. The summed E-state index contributed by atoms with van der Waals surface area (Å²) in [5.74, 6) is -0.966. The molecule has 1 aliphatic heterocycles.